The van der Waals surface area contributed by atoms with Crippen molar-refractivity contribution < 1.29 is 14.7 Å². The largest absolute Gasteiger partial charge is 0.481 e. The number of rotatable bonds is 3. The maximum Gasteiger partial charge on any atom is 0.315 e. The van der Waals surface area contributed by atoms with E-state index in [4.69, 9.17) is 10.8 Å². The average Bonchev–Trinajstić information content (AvgIpc) is 1.82. The molecule has 0 aromatic rings. The van der Waals surface area contributed by atoms with Crippen molar-refractivity contribution in [1.82, 2.24) is 5.32 Å². The topological polar surface area (TPSA) is 92.4 Å². The lowest BCUT2D eigenvalue weighted by Crippen LogP contribution is -2.53. The second-order valence-corrected chi connectivity index (χ2v) is 3.27. The summed E-state index contributed by atoms with van der Waals surface area (Å²) in [6, 6.07) is 0. The number of carboxylic acid groups (broad SMARTS) is 1. The fourth-order valence-electron chi connectivity index (χ4n) is 0.538. The maximum atomic E-state index is 11.0. The fourth-order valence-corrected chi connectivity index (χ4v) is 0.538. The van der Waals surface area contributed by atoms with Gasteiger partial charge in [-0.1, -0.05) is 0 Å². The standard InChI is InChI=1S/C7H14N2O3/c1-4(6(11)12)5(10)9-7(2,3)8/h4H,8H2,1-3H3,(H,9,10)(H,11,12). The fraction of sp³-hybridized carbons (Fsp3) is 0.714. The number of amides is 1. The molecule has 0 aromatic carbocycles. The molecular weight excluding hydrogens is 160 g/mol. The lowest BCUT2D eigenvalue weighted by Gasteiger charge is -2.21. The van der Waals surface area contributed by atoms with E-state index in [-0.39, 0.29) is 0 Å². The van der Waals surface area contributed by atoms with Crippen LogP contribution in [-0.4, -0.2) is 22.6 Å². The monoisotopic (exact) mass is 174 g/mol. The zero-order chi connectivity index (χ0) is 9.94. The molecule has 12 heavy (non-hydrogen) atoms. The van der Waals surface area contributed by atoms with Crippen molar-refractivity contribution in [2.75, 3.05) is 0 Å². The van der Waals surface area contributed by atoms with E-state index in [1.54, 1.807) is 13.8 Å². The molecule has 0 fully saturated rings. The molecule has 4 N–H and O–H groups in total. The van der Waals surface area contributed by atoms with Crippen LogP contribution in [0.3, 0.4) is 0 Å². The Balaban J connectivity index is 4.15. The molecule has 5 nitrogen and oxygen atoms in total. The third-order valence-electron chi connectivity index (χ3n) is 1.21. The summed E-state index contributed by atoms with van der Waals surface area (Å²) < 4.78 is 0. The molecule has 0 radical (unpaired) electrons. The first-order valence-corrected chi connectivity index (χ1v) is 3.58. The predicted octanol–water partition coefficient (Wildman–Crippen LogP) is -0.482. The smallest absolute Gasteiger partial charge is 0.315 e. The van der Waals surface area contributed by atoms with Gasteiger partial charge in [0.1, 0.15) is 5.92 Å². The second kappa shape index (κ2) is 3.53. The van der Waals surface area contributed by atoms with E-state index in [0.717, 1.165) is 0 Å². The minimum Gasteiger partial charge on any atom is -0.481 e. The molecule has 0 saturated heterocycles. The first-order valence-electron chi connectivity index (χ1n) is 3.58. The summed E-state index contributed by atoms with van der Waals surface area (Å²) in [5, 5.41) is 10.8. The minimum atomic E-state index is -1.16. The SMILES string of the molecule is CC(C(=O)O)C(=O)NC(C)(C)N. The molecule has 1 amide bonds. The summed E-state index contributed by atoms with van der Waals surface area (Å²) >= 11 is 0. The van der Waals surface area contributed by atoms with Crippen LogP contribution in [0.15, 0.2) is 0 Å². The van der Waals surface area contributed by atoms with Crippen molar-refractivity contribution in [3.63, 3.8) is 0 Å². The molecule has 1 unspecified atom stereocenters. The highest BCUT2D eigenvalue weighted by Gasteiger charge is 2.24. The Morgan fingerprint density at radius 2 is 1.92 bits per heavy atom. The first kappa shape index (κ1) is 10.9. The number of nitrogens with one attached hydrogen (secondary N) is 1. The van der Waals surface area contributed by atoms with Crippen LogP contribution in [0.5, 0.6) is 0 Å². The van der Waals surface area contributed by atoms with Crippen LogP contribution in [0.2, 0.25) is 0 Å². The molecule has 0 aliphatic carbocycles. The zero-order valence-corrected chi connectivity index (χ0v) is 7.42. The summed E-state index contributed by atoms with van der Waals surface area (Å²) in [6.45, 7) is 4.47. The molecule has 5 heteroatoms. The number of hydrogen-bond donors (Lipinski definition) is 3. The van der Waals surface area contributed by atoms with Crippen molar-refractivity contribution in [1.29, 1.82) is 0 Å². The molecule has 0 rings (SSSR count). The van der Waals surface area contributed by atoms with Gasteiger partial charge in [-0.05, 0) is 20.8 Å². The molecular formula is C7H14N2O3. The van der Waals surface area contributed by atoms with Crippen LogP contribution in [-0.2, 0) is 9.59 Å². The van der Waals surface area contributed by atoms with Gasteiger partial charge in [-0.15, -0.1) is 0 Å². The average molecular weight is 174 g/mol. The highest BCUT2D eigenvalue weighted by Crippen LogP contribution is 1.98. The molecule has 0 aromatic heterocycles. The maximum absolute atomic E-state index is 11.0. The van der Waals surface area contributed by atoms with E-state index >= 15 is 0 Å². The van der Waals surface area contributed by atoms with Crippen molar-refractivity contribution in [3.8, 4) is 0 Å². The number of hydrogen-bond acceptors (Lipinski definition) is 3. The van der Waals surface area contributed by atoms with Crippen LogP contribution < -0.4 is 11.1 Å². The molecule has 0 aliphatic heterocycles. The van der Waals surface area contributed by atoms with Crippen LogP contribution >= 0.6 is 0 Å². The van der Waals surface area contributed by atoms with Gasteiger partial charge in [0.2, 0.25) is 5.91 Å². The van der Waals surface area contributed by atoms with E-state index in [1.807, 2.05) is 0 Å². The van der Waals surface area contributed by atoms with Gasteiger partial charge in [0.15, 0.2) is 0 Å². The molecule has 70 valence electrons. The number of carbonyl (C=O) groups excluding carboxylic acids is 1. The van der Waals surface area contributed by atoms with E-state index in [1.165, 1.54) is 6.92 Å². The second-order valence-electron chi connectivity index (χ2n) is 3.27. The first-order chi connectivity index (χ1) is 5.24. The molecule has 1 atom stereocenters. The molecule has 0 aliphatic rings. The Morgan fingerprint density at radius 1 is 1.50 bits per heavy atom. The normalized spacial score (nSPS) is 13.7. The van der Waals surface area contributed by atoms with Crippen LogP contribution in [0, 0.1) is 5.92 Å². The molecule has 0 heterocycles. The number of carbonyl (C=O) groups is 2. The Kier molecular flexibility index (Phi) is 3.21. The number of nitrogens with two attached hydrogens (primary N) is 1. The van der Waals surface area contributed by atoms with Gasteiger partial charge in [-0.2, -0.15) is 0 Å². The van der Waals surface area contributed by atoms with E-state index in [2.05, 4.69) is 5.32 Å². The summed E-state index contributed by atoms with van der Waals surface area (Å²) in [7, 11) is 0. The quantitative estimate of drug-likeness (QED) is 0.398. The number of carboxylic acids is 1. The van der Waals surface area contributed by atoms with Gasteiger partial charge in [0.25, 0.3) is 0 Å². The van der Waals surface area contributed by atoms with Crippen molar-refractivity contribution >= 4 is 11.9 Å². The van der Waals surface area contributed by atoms with Gasteiger partial charge >= 0.3 is 5.97 Å². The number of aliphatic carboxylic acids is 1. The van der Waals surface area contributed by atoms with E-state index in [9.17, 15) is 9.59 Å². The Hall–Kier alpha value is -1.10. The zero-order valence-electron chi connectivity index (χ0n) is 7.42. The summed E-state index contributed by atoms with van der Waals surface area (Å²) in [5.41, 5.74) is 4.58. The summed E-state index contributed by atoms with van der Waals surface area (Å²) in [6.07, 6.45) is 0. The lowest BCUT2D eigenvalue weighted by atomic mass is 10.1. The van der Waals surface area contributed by atoms with Crippen molar-refractivity contribution in [2.45, 2.75) is 26.4 Å². The predicted molar refractivity (Wildman–Crippen MR) is 43.2 cm³/mol. The Morgan fingerprint density at radius 3 is 2.17 bits per heavy atom. The van der Waals surface area contributed by atoms with Crippen molar-refractivity contribution in [3.05, 3.63) is 0 Å². The molecule has 0 saturated carbocycles. The van der Waals surface area contributed by atoms with E-state index in [0.29, 0.717) is 0 Å². The van der Waals surface area contributed by atoms with Crippen LogP contribution in [0.1, 0.15) is 20.8 Å². The lowest BCUT2D eigenvalue weighted by molar-refractivity contribution is -0.146. The third-order valence-corrected chi connectivity index (χ3v) is 1.21. The third kappa shape index (κ3) is 3.92. The van der Waals surface area contributed by atoms with Gasteiger partial charge in [-0.3, -0.25) is 9.59 Å². The van der Waals surface area contributed by atoms with Crippen molar-refractivity contribution in [2.24, 2.45) is 11.7 Å². The Bertz CT molecular complexity index is 195. The minimum absolute atomic E-state index is 0.574. The highest BCUT2D eigenvalue weighted by atomic mass is 16.4. The summed E-state index contributed by atoms with van der Waals surface area (Å²) in [5.74, 6) is -2.79. The van der Waals surface area contributed by atoms with Gasteiger partial charge < -0.3 is 16.2 Å². The molecule has 0 bridgehead atoms. The van der Waals surface area contributed by atoms with Gasteiger partial charge in [-0.25, -0.2) is 0 Å². The van der Waals surface area contributed by atoms with Crippen LogP contribution in [0.4, 0.5) is 0 Å². The van der Waals surface area contributed by atoms with Gasteiger partial charge in [0, 0.05) is 0 Å². The molecule has 0 spiro atoms. The Labute approximate surface area is 70.9 Å². The summed E-state index contributed by atoms with van der Waals surface area (Å²) in [4.78, 5) is 21.4. The van der Waals surface area contributed by atoms with Gasteiger partial charge in [0.05, 0.1) is 5.66 Å². The highest BCUT2D eigenvalue weighted by molar-refractivity contribution is 5.96. The van der Waals surface area contributed by atoms with Crippen LogP contribution in [0.25, 0.3) is 0 Å². The van der Waals surface area contributed by atoms with E-state index < -0.39 is 23.5 Å².